The third-order valence-corrected chi connectivity index (χ3v) is 4.85. The van der Waals surface area contributed by atoms with E-state index in [1.165, 1.54) is 45.6 Å². The first-order valence-electron chi connectivity index (χ1n) is 8.47. The highest BCUT2D eigenvalue weighted by Crippen LogP contribution is 2.26. The van der Waals surface area contributed by atoms with Crippen molar-refractivity contribution in [3.05, 3.63) is 0 Å². The Morgan fingerprint density at radius 2 is 1.65 bits per heavy atom. The number of rotatable bonds is 4. The van der Waals surface area contributed by atoms with Crippen molar-refractivity contribution in [1.82, 2.24) is 9.80 Å². The summed E-state index contributed by atoms with van der Waals surface area (Å²) in [6.45, 7) is 16.6. The molecule has 2 heteroatoms. The monoisotopic (exact) mass is 276 g/mol. The van der Waals surface area contributed by atoms with Gasteiger partial charge in [-0.1, -0.05) is 39.5 Å². The number of piperidine rings is 1. The lowest BCUT2D eigenvalue weighted by Gasteiger charge is -2.44. The summed E-state index contributed by atoms with van der Waals surface area (Å²) in [7, 11) is 0. The Labute approximate surface area is 125 Å². The van der Waals surface area contributed by atoms with Crippen LogP contribution >= 0.6 is 0 Å². The van der Waals surface area contributed by atoms with Crippen molar-refractivity contribution in [1.29, 1.82) is 0 Å². The largest absolute Gasteiger partial charge is 0.302 e. The molecular formula is C18H32N2. The highest BCUT2D eigenvalue weighted by Gasteiger charge is 2.31. The van der Waals surface area contributed by atoms with Gasteiger partial charge in [0.25, 0.3) is 0 Å². The van der Waals surface area contributed by atoms with Crippen LogP contribution in [0.5, 0.6) is 0 Å². The van der Waals surface area contributed by atoms with Gasteiger partial charge in [-0.05, 0) is 43.7 Å². The van der Waals surface area contributed by atoms with Crippen LogP contribution in [-0.4, -0.2) is 49.1 Å². The van der Waals surface area contributed by atoms with Gasteiger partial charge in [0.1, 0.15) is 0 Å². The Hall–Kier alpha value is -0.520. The van der Waals surface area contributed by atoms with Crippen molar-refractivity contribution in [2.75, 3.05) is 39.3 Å². The molecule has 2 rings (SSSR count). The number of nitrogens with zero attached hydrogens (tertiary/aromatic N) is 2. The standard InChI is InChI=1S/C18H32N2/c1-15(2)6-5-9-19-10-7-17(8-11-19)12-20-13-18(14-20)16(3)4/h15-18H,7-14H2,1-4H3. The highest BCUT2D eigenvalue weighted by atomic mass is 15.2. The molecule has 20 heavy (non-hydrogen) atoms. The molecule has 0 saturated carbocycles. The molecule has 2 saturated heterocycles. The zero-order valence-electron chi connectivity index (χ0n) is 13.9. The summed E-state index contributed by atoms with van der Waals surface area (Å²) in [5.74, 6) is 9.85. The van der Waals surface area contributed by atoms with E-state index in [1.807, 2.05) is 0 Å². The Kier molecular flexibility index (Phi) is 5.93. The molecule has 2 fully saturated rings. The molecule has 0 radical (unpaired) electrons. The van der Waals surface area contributed by atoms with Crippen LogP contribution in [0.4, 0.5) is 0 Å². The van der Waals surface area contributed by atoms with Crippen molar-refractivity contribution in [3.8, 4) is 11.8 Å². The zero-order valence-corrected chi connectivity index (χ0v) is 13.9. The second kappa shape index (κ2) is 7.48. The fourth-order valence-electron chi connectivity index (χ4n) is 3.23. The topological polar surface area (TPSA) is 6.48 Å². The third-order valence-electron chi connectivity index (χ3n) is 4.85. The predicted octanol–water partition coefficient (Wildman–Crippen LogP) is 2.95. The van der Waals surface area contributed by atoms with Gasteiger partial charge < -0.3 is 4.90 Å². The first-order valence-corrected chi connectivity index (χ1v) is 8.47. The maximum Gasteiger partial charge on any atom is 0.0601 e. The van der Waals surface area contributed by atoms with Crippen molar-refractivity contribution in [3.63, 3.8) is 0 Å². The second-order valence-electron chi connectivity index (χ2n) is 7.42. The van der Waals surface area contributed by atoms with Gasteiger partial charge in [0.15, 0.2) is 0 Å². The maximum atomic E-state index is 3.32. The molecular weight excluding hydrogens is 244 g/mol. The quantitative estimate of drug-likeness (QED) is 0.729. The van der Waals surface area contributed by atoms with Crippen LogP contribution < -0.4 is 0 Å². The highest BCUT2D eigenvalue weighted by molar-refractivity contribution is 5.03. The van der Waals surface area contributed by atoms with E-state index in [-0.39, 0.29) is 0 Å². The third kappa shape index (κ3) is 4.79. The first kappa shape index (κ1) is 15.9. The van der Waals surface area contributed by atoms with E-state index in [9.17, 15) is 0 Å². The number of likely N-dealkylation sites (tertiary alicyclic amines) is 2. The second-order valence-corrected chi connectivity index (χ2v) is 7.42. The maximum absolute atomic E-state index is 3.32. The molecule has 0 aromatic carbocycles. The number of hydrogen-bond acceptors (Lipinski definition) is 2. The molecule has 0 amide bonds. The molecule has 114 valence electrons. The molecule has 0 unspecified atom stereocenters. The predicted molar refractivity (Wildman–Crippen MR) is 86.5 cm³/mol. The van der Waals surface area contributed by atoms with E-state index in [0.717, 1.165) is 24.3 Å². The molecule has 0 aromatic rings. The van der Waals surface area contributed by atoms with Crippen LogP contribution in [0, 0.1) is 35.5 Å². The van der Waals surface area contributed by atoms with E-state index < -0.39 is 0 Å². The first-order chi connectivity index (χ1) is 9.54. The van der Waals surface area contributed by atoms with Gasteiger partial charge in [0.05, 0.1) is 6.54 Å². The molecule has 0 bridgehead atoms. The normalized spacial score (nSPS) is 22.9. The lowest BCUT2D eigenvalue weighted by atomic mass is 9.86. The smallest absolute Gasteiger partial charge is 0.0601 e. The van der Waals surface area contributed by atoms with Gasteiger partial charge in [0, 0.05) is 25.6 Å². The molecule has 0 N–H and O–H groups in total. The average Bonchev–Trinajstić information content (AvgIpc) is 2.34. The fraction of sp³-hybridized carbons (Fsp3) is 0.889. The van der Waals surface area contributed by atoms with Gasteiger partial charge in [-0.2, -0.15) is 0 Å². The Morgan fingerprint density at radius 3 is 2.20 bits per heavy atom. The molecule has 2 aliphatic heterocycles. The van der Waals surface area contributed by atoms with Crippen LogP contribution in [0.2, 0.25) is 0 Å². The summed E-state index contributed by atoms with van der Waals surface area (Å²) in [5.41, 5.74) is 0. The van der Waals surface area contributed by atoms with Crippen molar-refractivity contribution < 1.29 is 0 Å². The lowest BCUT2D eigenvalue weighted by Crippen LogP contribution is -2.51. The van der Waals surface area contributed by atoms with Crippen molar-refractivity contribution in [2.45, 2.75) is 40.5 Å². The minimum Gasteiger partial charge on any atom is -0.302 e. The van der Waals surface area contributed by atoms with Crippen LogP contribution in [0.1, 0.15) is 40.5 Å². The molecule has 0 aromatic heterocycles. The average molecular weight is 276 g/mol. The van der Waals surface area contributed by atoms with E-state index in [2.05, 4.69) is 49.3 Å². The van der Waals surface area contributed by atoms with Crippen LogP contribution in [-0.2, 0) is 0 Å². The summed E-state index contributed by atoms with van der Waals surface area (Å²) in [5, 5.41) is 0. The Bertz CT molecular complexity index is 336. The Morgan fingerprint density at radius 1 is 1.00 bits per heavy atom. The van der Waals surface area contributed by atoms with Gasteiger partial charge >= 0.3 is 0 Å². The van der Waals surface area contributed by atoms with E-state index >= 15 is 0 Å². The van der Waals surface area contributed by atoms with E-state index in [0.29, 0.717) is 5.92 Å². The molecule has 2 nitrogen and oxygen atoms in total. The summed E-state index contributed by atoms with van der Waals surface area (Å²) in [4.78, 5) is 5.20. The molecule has 0 atom stereocenters. The summed E-state index contributed by atoms with van der Waals surface area (Å²) < 4.78 is 0. The van der Waals surface area contributed by atoms with Crippen LogP contribution in [0.25, 0.3) is 0 Å². The van der Waals surface area contributed by atoms with Crippen LogP contribution in [0.3, 0.4) is 0 Å². The zero-order chi connectivity index (χ0) is 14.5. The summed E-state index contributed by atoms with van der Waals surface area (Å²) >= 11 is 0. The van der Waals surface area contributed by atoms with Gasteiger partial charge in [-0.25, -0.2) is 0 Å². The van der Waals surface area contributed by atoms with E-state index in [4.69, 9.17) is 0 Å². The molecule has 0 spiro atoms. The number of hydrogen-bond donors (Lipinski definition) is 0. The van der Waals surface area contributed by atoms with Gasteiger partial charge in [-0.3, -0.25) is 4.90 Å². The summed E-state index contributed by atoms with van der Waals surface area (Å²) in [6, 6.07) is 0. The van der Waals surface area contributed by atoms with Crippen molar-refractivity contribution >= 4 is 0 Å². The van der Waals surface area contributed by atoms with E-state index in [1.54, 1.807) is 0 Å². The minimum atomic E-state index is 0.507. The van der Waals surface area contributed by atoms with Crippen molar-refractivity contribution in [2.24, 2.45) is 23.7 Å². The molecule has 2 heterocycles. The van der Waals surface area contributed by atoms with Crippen LogP contribution in [0.15, 0.2) is 0 Å². The Balaban J connectivity index is 1.60. The minimum absolute atomic E-state index is 0.507. The molecule has 0 aliphatic carbocycles. The summed E-state index contributed by atoms with van der Waals surface area (Å²) in [6.07, 6.45) is 2.73. The van der Waals surface area contributed by atoms with Gasteiger partial charge in [0.2, 0.25) is 0 Å². The fourth-order valence-corrected chi connectivity index (χ4v) is 3.23. The SMILES string of the molecule is CC(C)C#CCN1CCC(CN2CC(C(C)C)C2)CC1. The molecule has 2 aliphatic rings. The lowest BCUT2D eigenvalue weighted by molar-refractivity contribution is 0.0410. The van der Waals surface area contributed by atoms with Gasteiger partial charge in [-0.15, -0.1) is 0 Å².